The van der Waals surface area contributed by atoms with E-state index in [9.17, 15) is 15.0 Å². The maximum Gasteiger partial charge on any atom is 0.292 e. The third kappa shape index (κ3) is 4.14. The highest BCUT2D eigenvalue weighted by Crippen LogP contribution is 2.51. The molecule has 2 saturated heterocycles. The Hall–Kier alpha value is -2.22. The zero-order valence-corrected chi connectivity index (χ0v) is 18.5. The molecule has 1 aromatic carbocycles. The van der Waals surface area contributed by atoms with Gasteiger partial charge in [0.05, 0.1) is 22.9 Å². The summed E-state index contributed by atoms with van der Waals surface area (Å²) in [5.41, 5.74) is 0.467. The van der Waals surface area contributed by atoms with Gasteiger partial charge in [0.2, 0.25) is 5.76 Å². The molecule has 2 bridgehead atoms. The van der Waals surface area contributed by atoms with E-state index in [-0.39, 0.29) is 24.2 Å². The van der Waals surface area contributed by atoms with Gasteiger partial charge in [0.15, 0.2) is 0 Å². The van der Waals surface area contributed by atoms with Crippen LogP contribution >= 0.6 is 0 Å². The maximum absolute atomic E-state index is 13.0. The predicted octanol–water partition coefficient (Wildman–Crippen LogP) is 3.05. The topological polar surface area (TPSA) is 96.0 Å². The van der Waals surface area contributed by atoms with Gasteiger partial charge in [0.25, 0.3) is 5.91 Å². The largest absolute Gasteiger partial charge is 0.396 e. The maximum atomic E-state index is 13.0. The fourth-order valence-corrected chi connectivity index (χ4v) is 5.54. The number of aryl methyl sites for hydroxylation is 1. The zero-order valence-electron chi connectivity index (χ0n) is 18.5. The molecule has 2 aliphatic heterocycles. The van der Waals surface area contributed by atoms with Crippen LogP contribution in [0.2, 0.25) is 0 Å². The lowest BCUT2D eigenvalue weighted by molar-refractivity contribution is -0.225. The van der Waals surface area contributed by atoms with E-state index in [2.05, 4.69) is 17.3 Å². The highest BCUT2D eigenvalue weighted by atomic mass is 16.5. The summed E-state index contributed by atoms with van der Waals surface area (Å²) >= 11 is 0. The molecule has 0 spiro atoms. The number of fused-ring (bicyclic) bond motifs is 2. The van der Waals surface area contributed by atoms with Crippen molar-refractivity contribution in [2.45, 2.75) is 75.2 Å². The van der Waals surface area contributed by atoms with Gasteiger partial charge in [-0.25, -0.2) is 0 Å². The summed E-state index contributed by atoms with van der Waals surface area (Å²) in [6, 6.07) is 11.5. The summed E-state index contributed by atoms with van der Waals surface area (Å²) < 4.78 is 11.8. The number of carbonyl (C=O) groups is 1. The van der Waals surface area contributed by atoms with E-state index in [1.54, 1.807) is 24.9 Å². The molecular weight excluding hydrogens is 396 g/mol. The Labute approximate surface area is 183 Å². The van der Waals surface area contributed by atoms with Crippen LogP contribution in [0.5, 0.6) is 0 Å². The molecule has 4 rings (SSSR count). The second-order valence-corrected chi connectivity index (χ2v) is 9.39. The number of ether oxygens (including phenoxy) is 1. The van der Waals surface area contributed by atoms with Gasteiger partial charge in [-0.2, -0.15) is 0 Å². The van der Waals surface area contributed by atoms with Gasteiger partial charge in [-0.05, 0) is 57.4 Å². The van der Waals surface area contributed by atoms with E-state index < -0.39 is 23.3 Å². The molecule has 2 N–H and O–H groups in total. The van der Waals surface area contributed by atoms with Crippen molar-refractivity contribution in [3.63, 3.8) is 0 Å². The molecule has 1 aromatic heterocycles. The lowest BCUT2D eigenvalue weighted by Crippen LogP contribution is -2.58. The minimum atomic E-state index is -0.877. The van der Waals surface area contributed by atoms with Crippen molar-refractivity contribution >= 4 is 5.91 Å². The van der Waals surface area contributed by atoms with E-state index in [0.717, 1.165) is 6.42 Å². The summed E-state index contributed by atoms with van der Waals surface area (Å²) in [5.74, 6) is 0.0658. The number of carbonyl (C=O) groups excluding carboxylic acids is 1. The average Bonchev–Trinajstić information content (AvgIpc) is 3.17. The molecule has 2 aliphatic rings. The second-order valence-electron chi connectivity index (χ2n) is 9.39. The SMILES string of the molecule is Cc1cc(C(=O)N(C)[C@H]2CC[C@@]3(CCO)C[C@H](c4ccccc4)C[C@](C)(O3)[C@@H]2O)on1. The Morgan fingerprint density at radius 3 is 2.68 bits per heavy atom. The molecular formula is C24H32N2O5. The summed E-state index contributed by atoms with van der Waals surface area (Å²) in [5, 5.41) is 25.1. The van der Waals surface area contributed by atoms with Gasteiger partial charge in [0.1, 0.15) is 6.10 Å². The summed E-state index contributed by atoms with van der Waals surface area (Å²) in [7, 11) is 1.69. The van der Waals surface area contributed by atoms with E-state index in [0.29, 0.717) is 31.4 Å². The van der Waals surface area contributed by atoms with Gasteiger partial charge < -0.3 is 24.4 Å². The Bertz CT molecular complexity index is 916. The van der Waals surface area contributed by atoms with Crippen LogP contribution in [0.3, 0.4) is 0 Å². The molecule has 5 atom stereocenters. The molecule has 7 heteroatoms. The first-order chi connectivity index (χ1) is 14.8. The first kappa shape index (κ1) is 22.0. The molecule has 168 valence electrons. The summed E-state index contributed by atoms with van der Waals surface area (Å²) in [6.07, 6.45) is 2.29. The molecule has 31 heavy (non-hydrogen) atoms. The predicted molar refractivity (Wildman–Crippen MR) is 115 cm³/mol. The Kier molecular flexibility index (Phi) is 5.94. The fourth-order valence-electron chi connectivity index (χ4n) is 5.54. The van der Waals surface area contributed by atoms with Crippen LogP contribution in [0.4, 0.5) is 0 Å². The standard InChI is InChI=1S/C24H32N2O5/c1-16-13-20(30-25-16)22(29)26(3)19-9-10-24(11-12-27)15-18(17-7-5-4-6-8-17)14-23(2,31-24)21(19)28/h4-8,13,18-19,21,27-28H,9-12,14-15H2,1-3H3/t18-,19+,21-,23+,24-/m1/s1. The smallest absolute Gasteiger partial charge is 0.292 e. The van der Waals surface area contributed by atoms with Crippen LogP contribution in [0.15, 0.2) is 40.9 Å². The number of nitrogens with zero attached hydrogens (tertiary/aromatic N) is 2. The van der Waals surface area contributed by atoms with Crippen molar-refractivity contribution in [2.75, 3.05) is 13.7 Å². The van der Waals surface area contributed by atoms with Crippen molar-refractivity contribution in [1.82, 2.24) is 10.1 Å². The van der Waals surface area contributed by atoms with Crippen LogP contribution in [-0.4, -0.2) is 63.2 Å². The third-order valence-corrected chi connectivity index (χ3v) is 7.10. The van der Waals surface area contributed by atoms with Crippen molar-refractivity contribution in [2.24, 2.45) is 0 Å². The normalized spacial score (nSPS) is 33.0. The van der Waals surface area contributed by atoms with E-state index in [1.807, 2.05) is 25.1 Å². The van der Waals surface area contributed by atoms with Crippen LogP contribution in [-0.2, 0) is 4.74 Å². The minimum Gasteiger partial charge on any atom is -0.396 e. The first-order valence-corrected chi connectivity index (χ1v) is 11.0. The fraction of sp³-hybridized carbons (Fsp3) is 0.583. The monoisotopic (exact) mass is 428 g/mol. The van der Waals surface area contributed by atoms with Crippen molar-refractivity contribution in [1.29, 1.82) is 0 Å². The number of likely N-dealkylation sites (N-methyl/N-ethyl adjacent to an activating group) is 1. The van der Waals surface area contributed by atoms with E-state index in [4.69, 9.17) is 9.26 Å². The number of benzene rings is 1. The Balaban J connectivity index is 1.65. The van der Waals surface area contributed by atoms with Gasteiger partial charge in [-0.15, -0.1) is 0 Å². The Morgan fingerprint density at radius 2 is 2.03 bits per heavy atom. The van der Waals surface area contributed by atoms with Crippen LogP contribution < -0.4 is 0 Å². The zero-order chi connectivity index (χ0) is 22.2. The van der Waals surface area contributed by atoms with Crippen LogP contribution in [0.1, 0.15) is 66.8 Å². The van der Waals surface area contributed by atoms with Crippen molar-refractivity contribution in [3.05, 3.63) is 53.4 Å². The number of aromatic nitrogens is 1. The number of hydrogen-bond acceptors (Lipinski definition) is 6. The molecule has 0 saturated carbocycles. The molecule has 0 aliphatic carbocycles. The minimum absolute atomic E-state index is 0.0183. The highest BCUT2D eigenvalue weighted by Gasteiger charge is 2.55. The third-order valence-electron chi connectivity index (χ3n) is 7.10. The van der Waals surface area contributed by atoms with Gasteiger partial charge >= 0.3 is 0 Å². The molecule has 3 heterocycles. The van der Waals surface area contributed by atoms with Gasteiger partial charge in [-0.3, -0.25) is 4.79 Å². The molecule has 0 unspecified atom stereocenters. The summed E-state index contributed by atoms with van der Waals surface area (Å²) in [4.78, 5) is 14.6. The molecule has 2 fully saturated rings. The first-order valence-electron chi connectivity index (χ1n) is 11.0. The number of aliphatic hydroxyl groups is 2. The molecule has 2 aromatic rings. The number of amides is 1. The Morgan fingerprint density at radius 1 is 1.29 bits per heavy atom. The van der Waals surface area contributed by atoms with Crippen LogP contribution in [0, 0.1) is 6.92 Å². The highest BCUT2D eigenvalue weighted by molar-refractivity contribution is 5.91. The lowest BCUT2D eigenvalue weighted by Gasteiger charge is -2.50. The summed E-state index contributed by atoms with van der Waals surface area (Å²) in [6.45, 7) is 3.72. The average molecular weight is 429 g/mol. The number of hydrogen-bond donors (Lipinski definition) is 2. The molecule has 0 radical (unpaired) electrons. The lowest BCUT2D eigenvalue weighted by atomic mass is 9.73. The number of aliphatic hydroxyl groups excluding tert-OH is 2. The van der Waals surface area contributed by atoms with Crippen molar-refractivity contribution in [3.8, 4) is 0 Å². The van der Waals surface area contributed by atoms with Crippen molar-refractivity contribution < 1.29 is 24.3 Å². The van der Waals surface area contributed by atoms with Gasteiger partial charge in [0, 0.05) is 19.7 Å². The number of rotatable bonds is 5. The second kappa shape index (κ2) is 8.37. The van der Waals surface area contributed by atoms with Gasteiger partial charge in [-0.1, -0.05) is 35.5 Å². The molecule has 7 nitrogen and oxygen atoms in total. The van der Waals surface area contributed by atoms with Crippen LogP contribution in [0.25, 0.3) is 0 Å². The van der Waals surface area contributed by atoms with E-state index >= 15 is 0 Å². The van der Waals surface area contributed by atoms with E-state index in [1.165, 1.54) is 5.56 Å². The quantitative estimate of drug-likeness (QED) is 0.760. The molecule has 1 amide bonds.